The Balaban J connectivity index is 2.58. The van der Waals surface area contributed by atoms with Crippen LogP contribution in [0.3, 0.4) is 0 Å². The first-order chi connectivity index (χ1) is 6.81. The first kappa shape index (κ1) is 8.84. The Bertz CT molecular complexity index is 489. The van der Waals surface area contributed by atoms with Crippen LogP contribution in [0.15, 0.2) is 42.5 Å². The molecule has 0 nitrogen and oxygen atoms in total. The summed E-state index contributed by atoms with van der Waals surface area (Å²) in [5, 5.41) is 2.52. The molecule has 0 fully saturated rings. The van der Waals surface area contributed by atoms with Crippen molar-refractivity contribution < 1.29 is 0 Å². The largest absolute Gasteiger partial charge is 0.119 e. The van der Waals surface area contributed by atoms with Crippen LogP contribution in [-0.2, 0) is 0 Å². The predicted octanol–water partition coefficient (Wildman–Crippen LogP) is 3.58. The number of rotatable bonds is 1. The molecule has 0 heteroatoms. The topological polar surface area (TPSA) is 0 Å². The summed E-state index contributed by atoms with van der Waals surface area (Å²) < 4.78 is 0. The second-order valence-electron chi connectivity index (χ2n) is 3.49. The number of terminal acetylenes is 1. The third-order valence-electron chi connectivity index (χ3n) is 2.52. The Morgan fingerprint density at radius 3 is 2.50 bits per heavy atom. The predicted molar refractivity (Wildman–Crippen MR) is 61.2 cm³/mol. The smallest absolute Gasteiger partial charge is 0.0421 e. The van der Waals surface area contributed by atoms with E-state index < -0.39 is 0 Å². The van der Waals surface area contributed by atoms with Gasteiger partial charge in [-0.2, -0.15) is 0 Å². The molecular weight excluding hydrogens is 168 g/mol. The van der Waals surface area contributed by atoms with Crippen molar-refractivity contribution in [3.05, 3.63) is 48.0 Å². The van der Waals surface area contributed by atoms with Crippen molar-refractivity contribution >= 4 is 10.8 Å². The molecule has 0 radical (unpaired) electrons. The summed E-state index contributed by atoms with van der Waals surface area (Å²) in [6, 6.07) is 14.7. The van der Waals surface area contributed by atoms with E-state index in [-0.39, 0.29) is 5.92 Å². The number of benzene rings is 2. The van der Waals surface area contributed by atoms with Crippen LogP contribution in [0.2, 0.25) is 0 Å². The van der Waals surface area contributed by atoms with E-state index in [4.69, 9.17) is 6.42 Å². The van der Waals surface area contributed by atoms with Crippen LogP contribution < -0.4 is 0 Å². The fraction of sp³-hybridized carbons (Fsp3) is 0.143. The normalized spacial score (nSPS) is 12.3. The van der Waals surface area contributed by atoms with E-state index in [1.54, 1.807) is 0 Å². The monoisotopic (exact) mass is 180 g/mol. The summed E-state index contributed by atoms with van der Waals surface area (Å²) >= 11 is 0. The molecule has 0 saturated carbocycles. The Hall–Kier alpha value is -1.74. The van der Waals surface area contributed by atoms with Gasteiger partial charge in [-0.3, -0.25) is 0 Å². The third-order valence-corrected chi connectivity index (χ3v) is 2.52. The first-order valence-corrected chi connectivity index (χ1v) is 4.76. The fourth-order valence-electron chi connectivity index (χ4n) is 1.57. The average molecular weight is 180 g/mol. The molecule has 2 aromatic carbocycles. The van der Waals surface area contributed by atoms with Crippen LogP contribution in [0, 0.1) is 12.3 Å². The molecule has 68 valence electrons. The van der Waals surface area contributed by atoms with Crippen molar-refractivity contribution in [2.24, 2.45) is 0 Å². The molecule has 2 rings (SSSR count). The van der Waals surface area contributed by atoms with E-state index in [1.165, 1.54) is 16.3 Å². The zero-order valence-electron chi connectivity index (χ0n) is 8.20. The van der Waals surface area contributed by atoms with E-state index in [9.17, 15) is 0 Å². The van der Waals surface area contributed by atoms with Gasteiger partial charge in [0, 0.05) is 5.92 Å². The van der Waals surface area contributed by atoms with Crippen molar-refractivity contribution in [1.82, 2.24) is 0 Å². The first-order valence-electron chi connectivity index (χ1n) is 4.76. The molecule has 1 atom stereocenters. The lowest BCUT2D eigenvalue weighted by molar-refractivity contribution is 1.01. The van der Waals surface area contributed by atoms with Crippen molar-refractivity contribution in [2.75, 3.05) is 0 Å². The number of hydrogen-bond donors (Lipinski definition) is 0. The number of fused-ring (bicyclic) bond motifs is 1. The Morgan fingerprint density at radius 1 is 1.07 bits per heavy atom. The summed E-state index contributed by atoms with van der Waals surface area (Å²) in [7, 11) is 0. The Labute approximate surface area is 84.6 Å². The quantitative estimate of drug-likeness (QED) is 0.588. The van der Waals surface area contributed by atoms with E-state index in [2.05, 4.69) is 36.3 Å². The molecule has 0 N–H and O–H groups in total. The molecule has 0 heterocycles. The maximum atomic E-state index is 5.40. The van der Waals surface area contributed by atoms with Crippen molar-refractivity contribution in [2.45, 2.75) is 12.8 Å². The second-order valence-corrected chi connectivity index (χ2v) is 3.49. The van der Waals surface area contributed by atoms with Gasteiger partial charge in [0.25, 0.3) is 0 Å². The number of hydrogen-bond acceptors (Lipinski definition) is 0. The summed E-state index contributed by atoms with van der Waals surface area (Å²) in [5.41, 5.74) is 1.21. The molecule has 0 aliphatic rings. The fourth-order valence-corrected chi connectivity index (χ4v) is 1.57. The van der Waals surface area contributed by atoms with Gasteiger partial charge in [0.05, 0.1) is 0 Å². The van der Waals surface area contributed by atoms with Gasteiger partial charge in [0.2, 0.25) is 0 Å². The maximum absolute atomic E-state index is 5.40. The molecule has 0 unspecified atom stereocenters. The summed E-state index contributed by atoms with van der Waals surface area (Å²) in [6.07, 6.45) is 5.40. The van der Waals surface area contributed by atoms with Crippen LogP contribution in [0.25, 0.3) is 10.8 Å². The van der Waals surface area contributed by atoms with Gasteiger partial charge in [-0.1, -0.05) is 42.3 Å². The molecule has 14 heavy (non-hydrogen) atoms. The van der Waals surface area contributed by atoms with Gasteiger partial charge in [-0.25, -0.2) is 0 Å². The molecule has 0 aromatic heterocycles. The molecule has 2 aromatic rings. The lowest BCUT2D eigenvalue weighted by Gasteiger charge is -2.05. The highest BCUT2D eigenvalue weighted by Crippen LogP contribution is 2.20. The van der Waals surface area contributed by atoms with Gasteiger partial charge in [-0.05, 0) is 29.3 Å². The van der Waals surface area contributed by atoms with Gasteiger partial charge < -0.3 is 0 Å². The zero-order chi connectivity index (χ0) is 9.97. The zero-order valence-corrected chi connectivity index (χ0v) is 8.20. The lowest BCUT2D eigenvalue weighted by Crippen LogP contribution is -1.88. The Morgan fingerprint density at radius 2 is 1.79 bits per heavy atom. The standard InChI is InChI=1S/C14H12/c1-3-11(2)13-9-8-12-6-4-5-7-14(12)10-13/h1,4-11H,2H3/t11-/m0/s1. The minimum atomic E-state index is 0.194. The summed E-state index contributed by atoms with van der Waals surface area (Å²) in [5.74, 6) is 2.94. The van der Waals surface area contributed by atoms with Crippen LogP contribution in [0.4, 0.5) is 0 Å². The lowest BCUT2D eigenvalue weighted by atomic mass is 9.99. The van der Waals surface area contributed by atoms with Crippen LogP contribution >= 0.6 is 0 Å². The molecule has 0 saturated heterocycles. The SMILES string of the molecule is C#C[C@H](C)c1ccc2ccccc2c1. The highest BCUT2D eigenvalue weighted by molar-refractivity contribution is 5.83. The molecule has 0 amide bonds. The molecular formula is C14H12. The van der Waals surface area contributed by atoms with E-state index >= 15 is 0 Å². The molecule has 0 spiro atoms. The van der Waals surface area contributed by atoms with Crippen LogP contribution in [0.1, 0.15) is 18.4 Å². The van der Waals surface area contributed by atoms with Gasteiger partial charge >= 0.3 is 0 Å². The highest BCUT2D eigenvalue weighted by atomic mass is 14.0. The van der Waals surface area contributed by atoms with E-state index in [0.717, 1.165) is 0 Å². The highest BCUT2D eigenvalue weighted by Gasteiger charge is 2.01. The third kappa shape index (κ3) is 1.49. The van der Waals surface area contributed by atoms with Gasteiger partial charge in [-0.15, -0.1) is 6.42 Å². The van der Waals surface area contributed by atoms with Crippen molar-refractivity contribution in [3.63, 3.8) is 0 Å². The maximum Gasteiger partial charge on any atom is 0.0421 e. The van der Waals surface area contributed by atoms with Crippen LogP contribution in [-0.4, -0.2) is 0 Å². The van der Waals surface area contributed by atoms with Crippen molar-refractivity contribution in [3.8, 4) is 12.3 Å². The van der Waals surface area contributed by atoms with Gasteiger partial charge in [0.1, 0.15) is 0 Å². The minimum Gasteiger partial charge on any atom is -0.119 e. The minimum absolute atomic E-state index is 0.194. The Kier molecular flexibility index (Phi) is 2.24. The average Bonchev–Trinajstić information content (AvgIpc) is 2.27. The van der Waals surface area contributed by atoms with E-state index in [0.29, 0.717) is 0 Å². The summed E-state index contributed by atoms with van der Waals surface area (Å²) in [4.78, 5) is 0. The molecule has 0 aliphatic heterocycles. The molecule has 0 aliphatic carbocycles. The van der Waals surface area contributed by atoms with E-state index in [1.807, 2.05) is 19.1 Å². The molecule has 0 bridgehead atoms. The van der Waals surface area contributed by atoms with Crippen molar-refractivity contribution in [1.29, 1.82) is 0 Å². The van der Waals surface area contributed by atoms with Gasteiger partial charge in [0.15, 0.2) is 0 Å². The summed E-state index contributed by atoms with van der Waals surface area (Å²) in [6.45, 7) is 2.05. The second kappa shape index (κ2) is 3.55. The van der Waals surface area contributed by atoms with Crippen LogP contribution in [0.5, 0.6) is 0 Å².